The summed E-state index contributed by atoms with van der Waals surface area (Å²) >= 11 is 0. The number of hydrogen-bond acceptors (Lipinski definition) is 0. The summed E-state index contributed by atoms with van der Waals surface area (Å²) in [6, 6.07) is 15.0. The van der Waals surface area contributed by atoms with Gasteiger partial charge in [-0.3, -0.25) is 0 Å². The van der Waals surface area contributed by atoms with E-state index in [1.165, 1.54) is 6.42 Å². The minimum absolute atomic E-state index is 0. The van der Waals surface area contributed by atoms with Crippen LogP contribution >= 0.6 is 0 Å². The Kier molecular flexibility index (Phi) is 33.6. The van der Waals surface area contributed by atoms with Gasteiger partial charge < -0.3 is 7.43 Å². The van der Waals surface area contributed by atoms with E-state index < -0.39 is 11.8 Å². The van der Waals surface area contributed by atoms with Crippen molar-refractivity contribution in [3.63, 3.8) is 0 Å². The number of halogens is 4. The van der Waals surface area contributed by atoms with Crippen molar-refractivity contribution in [2.75, 3.05) is 0 Å². The number of aryl methyl sites for hydroxylation is 2. The first kappa shape index (κ1) is 52.9. The molecular formula is C40H63F4Y-. The summed E-state index contributed by atoms with van der Waals surface area (Å²) in [4.78, 5) is 0. The predicted molar refractivity (Wildman–Crippen MR) is 189 cm³/mol. The van der Waals surface area contributed by atoms with Crippen LogP contribution in [0.25, 0.3) is 0 Å². The summed E-state index contributed by atoms with van der Waals surface area (Å²) in [7, 11) is 0. The molecule has 255 valence electrons. The third kappa shape index (κ3) is 28.3. The van der Waals surface area contributed by atoms with Gasteiger partial charge in [-0.05, 0) is 72.1 Å². The number of hydrogen-bond donors (Lipinski definition) is 0. The van der Waals surface area contributed by atoms with Crippen molar-refractivity contribution < 1.29 is 50.3 Å². The first-order valence-electron chi connectivity index (χ1n) is 15.6. The van der Waals surface area contributed by atoms with Gasteiger partial charge in [0, 0.05) is 56.7 Å². The van der Waals surface area contributed by atoms with Crippen LogP contribution in [0.2, 0.25) is 0 Å². The van der Waals surface area contributed by atoms with Crippen molar-refractivity contribution in [2.45, 2.75) is 140 Å². The molecule has 0 bridgehead atoms. The van der Waals surface area contributed by atoms with Crippen molar-refractivity contribution in [1.82, 2.24) is 0 Å². The van der Waals surface area contributed by atoms with Crippen molar-refractivity contribution in [2.24, 2.45) is 11.3 Å². The Hall–Kier alpha value is -1.62. The quantitative estimate of drug-likeness (QED) is 0.145. The Balaban J connectivity index is -0.000000162. The van der Waals surface area contributed by atoms with Crippen LogP contribution in [0.3, 0.4) is 0 Å². The molecule has 0 N–H and O–H groups in total. The second kappa shape index (κ2) is 28.6. The molecule has 45 heavy (non-hydrogen) atoms. The van der Waals surface area contributed by atoms with Crippen molar-refractivity contribution in [3.8, 4) is 23.7 Å². The first-order chi connectivity index (χ1) is 19.6. The Morgan fingerprint density at radius 3 is 1.22 bits per heavy atom. The Morgan fingerprint density at radius 1 is 0.689 bits per heavy atom. The molecular weight excluding hydrogens is 645 g/mol. The van der Waals surface area contributed by atoms with Crippen molar-refractivity contribution >= 4 is 0 Å². The molecule has 1 radical (unpaired) electrons. The van der Waals surface area contributed by atoms with Gasteiger partial charge in [0.1, 0.15) is 0 Å². The monoisotopic (exact) mass is 708 g/mol. The second-order valence-electron chi connectivity index (χ2n) is 11.6. The Bertz CT molecular complexity index is 1020. The third-order valence-electron chi connectivity index (χ3n) is 5.73. The molecule has 0 spiro atoms. The van der Waals surface area contributed by atoms with E-state index in [0.717, 1.165) is 28.2 Å². The molecule has 2 aromatic rings. The maximum atomic E-state index is 13.0. The van der Waals surface area contributed by atoms with Gasteiger partial charge in [-0.25, -0.2) is 0 Å². The standard InChI is InChI=1S/2C12H10F2.C6H14.C4H10.2C2H6.CH4.CH3.Y/c2*13-12(14)8-3-6-10-4-1-2-5-11(10)7-9-12;1-5-6(2,3)4;1-4(2)3;2*1-2;;;/h2*1-2,4-5H,3,6,8H2;5H2,1-4H3;4H,1-3H3;2*1-2H3;1H4;1H3;/q;;;;;;;-1;. The van der Waals surface area contributed by atoms with Gasteiger partial charge in [0.15, 0.2) is 0 Å². The average Bonchev–Trinajstić information content (AvgIpc) is 2.92. The molecule has 0 fully saturated rings. The van der Waals surface area contributed by atoms with E-state index in [-0.39, 0.29) is 60.4 Å². The summed E-state index contributed by atoms with van der Waals surface area (Å²) in [5, 5.41) is 0. The van der Waals surface area contributed by atoms with Crippen LogP contribution in [-0.4, -0.2) is 11.8 Å². The molecule has 2 aromatic carbocycles. The molecule has 2 aliphatic carbocycles. The fourth-order valence-corrected chi connectivity index (χ4v) is 3.16. The molecule has 0 unspecified atom stereocenters. The molecule has 0 saturated heterocycles. The minimum atomic E-state index is -2.81. The summed E-state index contributed by atoms with van der Waals surface area (Å²) in [6.45, 7) is 23.4. The van der Waals surface area contributed by atoms with Crippen LogP contribution < -0.4 is 0 Å². The fourth-order valence-electron chi connectivity index (χ4n) is 3.16. The fraction of sp³-hybridized carbons (Fsp3) is 0.575. The number of rotatable bonds is 0. The van der Waals surface area contributed by atoms with E-state index in [9.17, 15) is 17.6 Å². The van der Waals surface area contributed by atoms with Crippen molar-refractivity contribution in [1.29, 1.82) is 0 Å². The molecule has 0 nitrogen and oxygen atoms in total. The molecule has 0 aromatic heterocycles. The zero-order valence-electron chi connectivity index (χ0n) is 29.7. The maximum absolute atomic E-state index is 13.0. The average molecular weight is 709 g/mol. The van der Waals surface area contributed by atoms with E-state index in [2.05, 4.69) is 60.3 Å². The van der Waals surface area contributed by atoms with Crippen LogP contribution in [0.1, 0.15) is 138 Å². The van der Waals surface area contributed by atoms with Crippen LogP contribution in [0.4, 0.5) is 17.6 Å². The normalized spacial score (nSPS) is 14.1. The summed E-state index contributed by atoms with van der Waals surface area (Å²) in [5.41, 5.74) is 4.18. The van der Waals surface area contributed by atoms with Crippen LogP contribution in [0.15, 0.2) is 48.5 Å². The Morgan fingerprint density at radius 2 is 0.956 bits per heavy atom. The molecule has 0 saturated carbocycles. The number of alkyl halides is 4. The molecule has 2 aliphatic rings. The minimum Gasteiger partial charge on any atom is -0.358 e. The molecule has 0 amide bonds. The predicted octanol–water partition coefficient (Wildman–Crippen LogP) is 13.3. The second-order valence-corrected chi connectivity index (χ2v) is 11.6. The van der Waals surface area contributed by atoms with Gasteiger partial charge in [-0.1, -0.05) is 138 Å². The van der Waals surface area contributed by atoms with Gasteiger partial charge in [-0.15, -0.1) is 0 Å². The van der Waals surface area contributed by atoms with Gasteiger partial charge in [0.05, 0.1) is 0 Å². The maximum Gasteiger partial charge on any atom is 0.308 e. The number of fused-ring (bicyclic) bond motifs is 2. The van der Waals surface area contributed by atoms with Crippen LogP contribution in [0, 0.1) is 42.4 Å². The smallest absolute Gasteiger partial charge is 0.308 e. The summed E-state index contributed by atoms with van der Waals surface area (Å²) in [5.74, 6) is 4.39. The van der Waals surface area contributed by atoms with E-state index in [4.69, 9.17) is 0 Å². The summed E-state index contributed by atoms with van der Waals surface area (Å²) < 4.78 is 51.9. The SMILES string of the molecule is C.CC.CC.CC(C)C.CCC(C)(C)C.FC1(F)C#Cc2ccccc2CCC1.FC1(F)C#Cc2ccccc2CCC1.[CH3-].[Y]. The zero-order valence-corrected chi connectivity index (χ0v) is 32.6. The largest absolute Gasteiger partial charge is 0.358 e. The van der Waals surface area contributed by atoms with Crippen LogP contribution in [0.5, 0.6) is 0 Å². The first-order valence-corrected chi connectivity index (χ1v) is 15.6. The van der Waals surface area contributed by atoms with E-state index in [0.29, 0.717) is 31.1 Å². The number of benzene rings is 2. The zero-order chi connectivity index (χ0) is 32.8. The molecule has 0 heterocycles. The van der Waals surface area contributed by atoms with Gasteiger partial charge in [-0.2, -0.15) is 17.6 Å². The summed E-state index contributed by atoms with van der Waals surface area (Å²) in [6.07, 6.45) is 3.40. The molecule has 4 rings (SSSR count). The van der Waals surface area contributed by atoms with Crippen molar-refractivity contribution in [3.05, 3.63) is 78.2 Å². The van der Waals surface area contributed by atoms with E-state index in [1.54, 1.807) is 12.1 Å². The van der Waals surface area contributed by atoms with Gasteiger partial charge in [0.25, 0.3) is 0 Å². The third-order valence-corrected chi connectivity index (χ3v) is 5.73. The molecule has 0 aliphatic heterocycles. The van der Waals surface area contributed by atoms with Crippen LogP contribution in [-0.2, 0) is 45.6 Å². The van der Waals surface area contributed by atoms with Gasteiger partial charge in [0.2, 0.25) is 0 Å². The van der Waals surface area contributed by atoms with E-state index >= 15 is 0 Å². The Labute approximate surface area is 302 Å². The van der Waals surface area contributed by atoms with E-state index in [1.807, 2.05) is 75.9 Å². The topological polar surface area (TPSA) is 0 Å². The molecule has 0 atom stereocenters. The molecule has 5 heteroatoms. The van der Waals surface area contributed by atoms with Gasteiger partial charge >= 0.3 is 11.8 Å².